The number of benzene rings is 1. The number of nitrogens with zero attached hydrogens (tertiary/aromatic N) is 1. The van der Waals surface area contributed by atoms with Crippen molar-refractivity contribution >= 4 is 40.5 Å². The summed E-state index contributed by atoms with van der Waals surface area (Å²) >= 11 is 1.67. The molecule has 0 radical (unpaired) electrons. The van der Waals surface area contributed by atoms with Crippen LogP contribution in [0.1, 0.15) is 46.7 Å². The lowest BCUT2D eigenvalue weighted by molar-refractivity contribution is -0.110. The van der Waals surface area contributed by atoms with E-state index in [1.54, 1.807) is 11.3 Å². The summed E-state index contributed by atoms with van der Waals surface area (Å²) in [5.41, 5.74) is 6.43. The van der Waals surface area contributed by atoms with Gasteiger partial charge in [-0.2, -0.15) is 0 Å². The van der Waals surface area contributed by atoms with E-state index in [9.17, 15) is 9.59 Å². The molecule has 1 aromatic carbocycles. The number of fused-ring (bicyclic) bond motifs is 1. The van der Waals surface area contributed by atoms with E-state index in [4.69, 9.17) is 0 Å². The fourth-order valence-electron chi connectivity index (χ4n) is 4.29. The largest absolute Gasteiger partial charge is 0.358 e. The first kappa shape index (κ1) is 23.0. The SMILES string of the molecule is CCN(CC)CCNC(=O)c1c(C)[nH]c(/C=C2\C(=O)Nc3ccc(-c4cccs4)cc32)c1C. The number of hydrogen-bond donors (Lipinski definition) is 3. The Bertz CT molecular complexity index is 1200. The van der Waals surface area contributed by atoms with Crippen molar-refractivity contribution in [1.82, 2.24) is 15.2 Å². The van der Waals surface area contributed by atoms with E-state index < -0.39 is 0 Å². The van der Waals surface area contributed by atoms with Gasteiger partial charge in [-0.3, -0.25) is 9.59 Å². The van der Waals surface area contributed by atoms with Crippen molar-refractivity contribution in [2.45, 2.75) is 27.7 Å². The number of anilines is 1. The van der Waals surface area contributed by atoms with Crippen LogP contribution in [0.2, 0.25) is 0 Å². The van der Waals surface area contributed by atoms with Crippen molar-refractivity contribution in [3.8, 4) is 10.4 Å². The van der Waals surface area contributed by atoms with Crippen LogP contribution in [0.4, 0.5) is 5.69 Å². The van der Waals surface area contributed by atoms with Gasteiger partial charge in [0, 0.05) is 40.6 Å². The molecule has 3 N–H and O–H groups in total. The van der Waals surface area contributed by atoms with Gasteiger partial charge in [-0.25, -0.2) is 0 Å². The molecule has 0 unspecified atom stereocenters. The molecular weight excluding hydrogens is 432 g/mol. The molecular formula is C26H30N4O2S. The topological polar surface area (TPSA) is 77.2 Å². The van der Waals surface area contributed by atoms with Gasteiger partial charge in [0.2, 0.25) is 0 Å². The molecule has 0 fully saturated rings. The van der Waals surface area contributed by atoms with Crippen LogP contribution in [-0.4, -0.2) is 47.9 Å². The maximum atomic E-state index is 12.9. The predicted octanol–water partition coefficient (Wildman–Crippen LogP) is 4.92. The van der Waals surface area contributed by atoms with Crippen molar-refractivity contribution in [2.24, 2.45) is 0 Å². The average Bonchev–Trinajstić information content (AvgIpc) is 3.50. The second-order valence-electron chi connectivity index (χ2n) is 8.20. The third-order valence-electron chi connectivity index (χ3n) is 6.21. The molecule has 1 aliphatic rings. The first-order chi connectivity index (χ1) is 15.9. The zero-order valence-corrected chi connectivity index (χ0v) is 20.4. The number of likely N-dealkylation sites (N-methyl/N-ethyl adjacent to an activating group) is 1. The highest BCUT2D eigenvalue weighted by Crippen LogP contribution is 2.37. The van der Waals surface area contributed by atoms with Gasteiger partial charge in [-0.1, -0.05) is 26.0 Å². The summed E-state index contributed by atoms with van der Waals surface area (Å²) in [5.74, 6) is -0.223. The fraction of sp³-hybridized carbons (Fsp3) is 0.308. The van der Waals surface area contributed by atoms with Crippen LogP contribution in [0.3, 0.4) is 0 Å². The van der Waals surface area contributed by atoms with Crippen LogP contribution in [0, 0.1) is 13.8 Å². The lowest BCUT2D eigenvalue weighted by Gasteiger charge is -2.18. The van der Waals surface area contributed by atoms with Crippen molar-refractivity contribution in [1.29, 1.82) is 0 Å². The van der Waals surface area contributed by atoms with Crippen molar-refractivity contribution < 1.29 is 9.59 Å². The standard InChI is InChI=1S/C26H30N4O2S/c1-5-30(6-2)12-11-27-26(32)24-16(3)22(28-17(24)4)15-20-19-14-18(23-8-7-13-33-23)9-10-21(19)29-25(20)31/h7-10,13-15,28H,5-6,11-12H2,1-4H3,(H,27,32)(H,29,31)/b20-15-. The van der Waals surface area contributed by atoms with Crippen LogP contribution in [0.15, 0.2) is 35.7 Å². The third kappa shape index (κ3) is 4.65. The highest BCUT2D eigenvalue weighted by Gasteiger charge is 2.26. The zero-order chi connectivity index (χ0) is 23.5. The Morgan fingerprint density at radius 1 is 1.18 bits per heavy atom. The fourth-order valence-corrected chi connectivity index (χ4v) is 5.01. The molecule has 1 aliphatic heterocycles. The van der Waals surface area contributed by atoms with E-state index in [2.05, 4.69) is 46.5 Å². The number of H-pyrrole nitrogens is 1. The summed E-state index contributed by atoms with van der Waals surface area (Å²) < 4.78 is 0. The number of aromatic nitrogens is 1. The molecule has 2 aromatic heterocycles. The van der Waals surface area contributed by atoms with Crippen LogP contribution < -0.4 is 10.6 Å². The molecule has 3 aromatic rings. The molecule has 3 heterocycles. The normalized spacial score (nSPS) is 14.1. The van der Waals surface area contributed by atoms with Crippen molar-refractivity contribution in [3.63, 3.8) is 0 Å². The van der Waals surface area contributed by atoms with E-state index in [-0.39, 0.29) is 11.8 Å². The van der Waals surface area contributed by atoms with Gasteiger partial charge in [0.05, 0.1) is 11.1 Å². The van der Waals surface area contributed by atoms with E-state index >= 15 is 0 Å². The molecule has 7 heteroatoms. The minimum atomic E-state index is -0.134. The van der Waals surface area contributed by atoms with Crippen LogP contribution in [0.5, 0.6) is 0 Å². The van der Waals surface area contributed by atoms with Gasteiger partial charge in [-0.05, 0) is 67.7 Å². The molecule has 2 amide bonds. The maximum absolute atomic E-state index is 12.9. The molecule has 172 valence electrons. The summed E-state index contributed by atoms with van der Waals surface area (Å²) in [6, 6.07) is 10.1. The molecule has 33 heavy (non-hydrogen) atoms. The van der Waals surface area contributed by atoms with Gasteiger partial charge in [0.25, 0.3) is 11.8 Å². The average molecular weight is 463 g/mol. The number of hydrogen-bond acceptors (Lipinski definition) is 4. The summed E-state index contributed by atoms with van der Waals surface area (Å²) in [6.45, 7) is 11.4. The van der Waals surface area contributed by atoms with Crippen LogP contribution in [0.25, 0.3) is 22.1 Å². The van der Waals surface area contributed by atoms with E-state index in [1.165, 1.54) is 0 Å². The van der Waals surface area contributed by atoms with Gasteiger partial charge in [0.15, 0.2) is 0 Å². The number of carbonyl (C=O) groups excluding carboxylic acids is 2. The summed E-state index contributed by atoms with van der Waals surface area (Å²) in [5, 5.41) is 8.03. The number of thiophene rings is 1. The Hall–Kier alpha value is -3.16. The predicted molar refractivity (Wildman–Crippen MR) is 137 cm³/mol. The molecule has 0 saturated carbocycles. The quantitative estimate of drug-likeness (QED) is 0.416. The molecule has 0 spiro atoms. The highest BCUT2D eigenvalue weighted by atomic mass is 32.1. The Morgan fingerprint density at radius 2 is 1.97 bits per heavy atom. The van der Waals surface area contributed by atoms with E-state index in [1.807, 2.05) is 43.5 Å². The maximum Gasteiger partial charge on any atom is 0.256 e. The number of aryl methyl sites for hydroxylation is 1. The lowest BCUT2D eigenvalue weighted by atomic mass is 10.0. The van der Waals surface area contributed by atoms with E-state index in [0.717, 1.165) is 58.3 Å². The number of aromatic amines is 1. The minimum absolute atomic E-state index is 0.0886. The van der Waals surface area contributed by atoms with Crippen LogP contribution in [-0.2, 0) is 4.79 Å². The highest BCUT2D eigenvalue weighted by molar-refractivity contribution is 7.13. The second-order valence-corrected chi connectivity index (χ2v) is 9.14. The smallest absolute Gasteiger partial charge is 0.256 e. The molecule has 4 rings (SSSR count). The van der Waals surface area contributed by atoms with Crippen LogP contribution >= 0.6 is 11.3 Å². The minimum Gasteiger partial charge on any atom is -0.358 e. The van der Waals surface area contributed by atoms with Gasteiger partial charge in [-0.15, -0.1) is 11.3 Å². The van der Waals surface area contributed by atoms with Gasteiger partial charge < -0.3 is 20.5 Å². The van der Waals surface area contributed by atoms with Gasteiger partial charge in [0.1, 0.15) is 0 Å². The molecule has 0 saturated heterocycles. The first-order valence-electron chi connectivity index (χ1n) is 11.3. The number of amides is 2. The molecule has 0 aliphatic carbocycles. The third-order valence-corrected chi connectivity index (χ3v) is 7.13. The van der Waals surface area contributed by atoms with Gasteiger partial charge >= 0.3 is 0 Å². The first-order valence-corrected chi connectivity index (χ1v) is 12.2. The second kappa shape index (κ2) is 9.77. The molecule has 0 bridgehead atoms. The Kier molecular flexibility index (Phi) is 6.81. The number of carbonyl (C=O) groups is 2. The monoisotopic (exact) mass is 462 g/mol. The summed E-state index contributed by atoms with van der Waals surface area (Å²) in [4.78, 5) is 32.4. The van der Waals surface area contributed by atoms with Crippen molar-refractivity contribution in [3.05, 3.63) is 63.8 Å². The lowest BCUT2D eigenvalue weighted by Crippen LogP contribution is -2.35. The number of nitrogens with one attached hydrogen (secondary N) is 3. The molecule has 0 atom stereocenters. The number of rotatable bonds is 8. The Morgan fingerprint density at radius 3 is 2.67 bits per heavy atom. The summed E-state index contributed by atoms with van der Waals surface area (Å²) in [7, 11) is 0. The molecule has 6 nitrogen and oxygen atoms in total. The Labute approximate surface area is 198 Å². The zero-order valence-electron chi connectivity index (χ0n) is 19.5. The Balaban J connectivity index is 1.60. The van der Waals surface area contributed by atoms with E-state index in [0.29, 0.717) is 17.7 Å². The van der Waals surface area contributed by atoms with Crippen molar-refractivity contribution in [2.75, 3.05) is 31.5 Å². The summed E-state index contributed by atoms with van der Waals surface area (Å²) in [6.07, 6.45) is 1.86.